The van der Waals surface area contributed by atoms with Crippen molar-refractivity contribution in [1.82, 2.24) is 4.98 Å². The van der Waals surface area contributed by atoms with E-state index in [-0.39, 0.29) is 11.8 Å². The first-order chi connectivity index (χ1) is 8.74. The number of aromatic nitrogens is 1. The van der Waals surface area contributed by atoms with Crippen LogP contribution in [0.4, 0.5) is 5.69 Å². The lowest BCUT2D eigenvalue weighted by Gasteiger charge is -2.09. The van der Waals surface area contributed by atoms with Gasteiger partial charge in [-0.2, -0.15) is 0 Å². The zero-order valence-corrected chi connectivity index (χ0v) is 10.4. The second-order valence-corrected chi connectivity index (χ2v) is 3.73. The lowest BCUT2D eigenvalue weighted by atomic mass is 10.1. The van der Waals surface area contributed by atoms with E-state index in [1.165, 1.54) is 6.39 Å². The van der Waals surface area contributed by atoms with Gasteiger partial charge in [0.2, 0.25) is 5.91 Å². The van der Waals surface area contributed by atoms with E-state index in [1.807, 2.05) is 0 Å². The number of methoxy groups -OCH3 is 1. The Hall–Kier alpha value is -2.01. The molecule has 6 heteroatoms. The quantitative estimate of drug-likeness (QED) is 0.864. The molecule has 0 aliphatic heterocycles. The molecule has 0 fully saturated rings. The van der Waals surface area contributed by atoms with Crippen LogP contribution < -0.4 is 10.1 Å². The molecule has 94 valence electrons. The van der Waals surface area contributed by atoms with Crippen LogP contribution in [0.1, 0.15) is 0 Å². The molecule has 1 N–H and O–H groups in total. The maximum absolute atomic E-state index is 11.2. The molecule has 0 spiro atoms. The lowest BCUT2D eigenvalue weighted by Crippen LogP contribution is -2.12. The molecule has 0 bridgehead atoms. The minimum absolute atomic E-state index is 0.0911. The summed E-state index contributed by atoms with van der Waals surface area (Å²) in [6.07, 6.45) is 2.94. The highest BCUT2D eigenvalue weighted by Gasteiger charge is 2.10. The SMILES string of the molecule is COc1cc(NC(=O)CCl)ccc1-c1cnco1. The Bertz CT molecular complexity index is 540. The first-order valence-electron chi connectivity index (χ1n) is 5.17. The fourth-order valence-corrected chi connectivity index (χ4v) is 1.58. The average Bonchev–Trinajstić information content (AvgIpc) is 2.92. The smallest absolute Gasteiger partial charge is 0.239 e. The van der Waals surface area contributed by atoms with Gasteiger partial charge in [-0.1, -0.05) is 0 Å². The van der Waals surface area contributed by atoms with Crippen LogP contribution in [-0.4, -0.2) is 23.9 Å². The second kappa shape index (κ2) is 5.55. The molecule has 2 aromatic rings. The molecule has 1 aromatic heterocycles. The van der Waals surface area contributed by atoms with E-state index in [0.29, 0.717) is 17.2 Å². The Morgan fingerprint density at radius 3 is 3.00 bits per heavy atom. The summed E-state index contributed by atoms with van der Waals surface area (Å²) in [5.41, 5.74) is 1.37. The van der Waals surface area contributed by atoms with Crippen LogP contribution in [0.15, 0.2) is 35.2 Å². The monoisotopic (exact) mass is 266 g/mol. The number of ether oxygens (including phenoxy) is 1. The van der Waals surface area contributed by atoms with Gasteiger partial charge in [-0.3, -0.25) is 4.79 Å². The first-order valence-corrected chi connectivity index (χ1v) is 5.70. The van der Waals surface area contributed by atoms with E-state index in [1.54, 1.807) is 31.5 Å². The standard InChI is InChI=1S/C12H11ClN2O3/c1-17-10-4-8(15-12(16)5-13)2-3-9(10)11-6-14-7-18-11/h2-4,6-7H,5H2,1H3,(H,15,16). The lowest BCUT2D eigenvalue weighted by molar-refractivity contribution is -0.113. The number of alkyl halides is 1. The molecule has 0 unspecified atom stereocenters. The largest absolute Gasteiger partial charge is 0.496 e. The Morgan fingerprint density at radius 2 is 2.39 bits per heavy atom. The first kappa shape index (κ1) is 12.4. The van der Waals surface area contributed by atoms with Crippen LogP contribution in [0.3, 0.4) is 0 Å². The minimum Gasteiger partial charge on any atom is -0.496 e. The minimum atomic E-state index is -0.272. The zero-order valence-electron chi connectivity index (χ0n) is 9.64. The molecule has 1 aromatic carbocycles. The number of hydrogen-bond donors (Lipinski definition) is 1. The van der Waals surface area contributed by atoms with E-state index in [9.17, 15) is 4.79 Å². The third-order valence-electron chi connectivity index (χ3n) is 2.30. The topological polar surface area (TPSA) is 64.4 Å². The van der Waals surface area contributed by atoms with Crippen LogP contribution >= 0.6 is 11.6 Å². The van der Waals surface area contributed by atoms with Crippen LogP contribution in [-0.2, 0) is 4.79 Å². The summed E-state index contributed by atoms with van der Waals surface area (Å²) in [5, 5.41) is 2.64. The van der Waals surface area contributed by atoms with Gasteiger partial charge >= 0.3 is 0 Å². The Morgan fingerprint density at radius 1 is 1.56 bits per heavy atom. The van der Waals surface area contributed by atoms with E-state index >= 15 is 0 Å². The molecule has 0 atom stereocenters. The summed E-state index contributed by atoms with van der Waals surface area (Å²) >= 11 is 5.42. The Balaban J connectivity index is 2.32. The number of hydrogen-bond acceptors (Lipinski definition) is 4. The van der Waals surface area contributed by atoms with Crippen LogP contribution in [0.25, 0.3) is 11.3 Å². The number of benzene rings is 1. The van der Waals surface area contributed by atoms with Gasteiger partial charge in [0, 0.05) is 11.8 Å². The average molecular weight is 267 g/mol. The molecule has 0 saturated carbocycles. The summed E-state index contributed by atoms with van der Waals surface area (Å²) in [6, 6.07) is 5.22. The number of halogens is 1. The van der Waals surface area contributed by atoms with E-state index < -0.39 is 0 Å². The van der Waals surface area contributed by atoms with Crippen molar-refractivity contribution in [3.63, 3.8) is 0 Å². The number of oxazole rings is 1. The van der Waals surface area contributed by atoms with Crippen LogP contribution in [0.2, 0.25) is 0 Å². The fourth-order valence-electron chi connectivity index (χ4n) is 1.52. The van der Waals surface area contributed by atoms with E-state index in [0.717, 1.165) is 5.56 Å². The van der Waals surface area contributed by atoms with Crippen molar-refractivity contribution >= 4 is 23.2 Å². The number of amides is 1. The van der Waals surface area contributed by atoms with Crippen LogP contribution in [0.5, 0.6) is 5.75 Å². The predicted molar refractivity (Wildman–Crippen MR) is 67.8 cm³/mol. The third kappa shape index (κ3) is 2.62. The summed E-state index contributed by atoms with van der Waals surface area (Å²) in [4.78, 5) is 15.0. The van der Waals surface area contributed by atoms with Crippen molar-refractivity contribution in [1.29, 1.82) is 0 Å². The predicted octanol–water partition coefficient (Wildman–Crippen LogP) is 2.53. The number of nitrogens with zero attached hydrogens (tertiary/aromatic N) is 1. The van der Waals surface area contributed by atoms with Gasteiger partial charge in [-0.25, -0.2) is 4.98 Å². The number of rotatable bonds is 4. The van der Waals surface area contributed by atoms with Gasteiger partial charge in [0.15, 0.2) is 12.2 Å². The molecular formula is C12H11ClN2O3. The number of nitrogens with one attached hydrogen (secondary N) is 1. The zero-order chi connectivity index (χ0) is 13.0. The van der Waals surface area contributed by atoms with Crippen LogP contribution in [0, 0.1) is 0 Å². The molecule has 18 heavy (non-hydrogen) atoms. The maximum atomic E-state index is 11.2. The second-order valence-electron chi connectivity index (χ2n) is 3.46. The van der Waals surface area contributed by atoms with Gasteiger partial charge in [0.1, 0.15) is 11.6 Å². The Kier molecular flexibility index (Phi) is 3.84. The molecule has 0 saturated heterocycles. The summed E-state index contributed by atoms with van der Waals surface area (Å²) in [7, 11) is 1.54. The molecule has 0 aliphatic carbocycles. The van der Waals surface area contributed by atoms with E-state index in [2.05, 4.69) is 10.3 Å². The third-order valence-corrected chi connectivity index (χ3v) is 2.55. The molecular weight excluding hydrogens is 256 g/mol. The van der Waals surface area contributed by atoms with Crippen molar-refractivity contribution in [2.24, 2.45) is 0 Å². The highest BCUT2D eigenvalue weighted by Crippen LogP contribution is 2.32. The van der Waals surface area contributed by atoms with Gasteiger partial charge in [-0.15, -0.1) is 11.6 Å². The van der Waals surface area contributed by atoms with Gasteiger partial charge in [0.05, 0.1) is 18.9 Å². The number of carbonyl (C=O) groups is 1. The summed E-state index contributed by atoms with van der Waals surface area (Å²) in [6.45, 7) is 0. The molecule has 5 nitrogen and oxygen atoms in total. The molecule has 2 rings (SSSR count). The van der Waals surface area contributed by atoms with Gasteiger partial charge in [-0.05, 0) is 12.1 Å². The molecule has 0 aliphatic rings. The van der Waals surface area contributed by atoms with Crippen molar-refractivity contribution in [3.8, 4) is 17.1 Å². The molecule has 0 radical (unpaired) electrons. The number of anilines is 1. The van der Waals surface area contributed by atoms with Crippen molar-refractivity contribution < 1.29 is 13.9 Å². The number of carbonyl (C=O) groups excluding carboxylic acids is 1. The van der Waals surface area contributed by atoms with Crippen molar-refractivity contribution in [3.05, 3.63) is 30.8 Å². The molecule has 1 heterocycles. The van der Waals surface area contributed by atoms with E-state index in [4.69, 9.17) is 20.8 Å². The van der Waals surface area contributed by atoms with Crippen molar-refractivity contribution in [2.45, 2.75) is 0 Å². The maximum Gasteiger partial charge on any atom is 0.239 e. The normalized spacial score (nSPS) is 10.1. The summed E-state index contributed by atoms with van der Waals surface area (Å²) < 4.78 is 10.5. The van der Waals surface area contributed by atoms with Gasteiger partial charge < -0.3 is 14.5 Å². The highest BCUT2D eigenvalue weighted by atomic mass is 35.5. The molecule has 1 amide bonds. The fraction of sp³-hybridized carbons (Fsp3) is 0.167. The summed E-state index contributed by atoms with van der Waals surface area (Å²) in [5.74, 6) is 0.818. The van der Waals surface area contributed by atoms with Gasteiger partial charge in [0.25, 0.3) is 0 Å². The highest BCUT2D eigenvalue weighted by molar-refractivity contribution is 6.29. The Labute approximate surface area is 109 Å². The van der Waals surface area contributed by atoms with Crippen molar-refractivity contribution in [2.75, 3.05) is 18.3 Å².